The number of nitrogens with one attached hydrogen (secondary N) is 1. The fraction of sp³-hybridized carbons (Fsp3) is 0.286. The minimum Gasteiger partial charge on any atom is -0.465 e. The van der Waals surface area contributed by atoms with E-state index in [4.69, 9.17) is 9.47 Å². The number of hydrogen-bond acceptors (Lipinski definition) is 6. The molecule has 1 N–H and O–H groups in total. The highest BCUT2D eigenvalue weighted by Crippen LogP contribution is 2.36. The van der Waals surface area contributed by atoms with Crippen LogP contribution in [0.5, 0.6) is 11.5 Å². The highest BCUT2D eigenvalue weighted by Gasteiger charge is 2.50. The summed E-state index contributed by atoms with van der Waals surface area (Å²) in [5.74, 6) is 0.822. The SMILES string of the molecule is COC(=O)c1ccccc1Oc1cccc(CN2CCC3(CC2)C(=O)NCN3c2ccccc2)c1. The number of hydrogen-bond donors (Lipinski definition) is 1. The monoisotopic (exact) mass is 471 g/mol. The Morgan fingerprint density at radius 2 is 1.71 bits per heavy atom. The summed E-state index contributed by atoms with van der Waals surface area (Å²) in [6.07, 6.45) is 1.55. The third kappa shape index (κ3) is 4.59. The fourth-order valence-corrected chi connectivity index (χ4v) is 5.04. The van der Waals surface area contributed by atoms with E-state index in [0.29, 0.717) is 23.7 Å². The standard InChI is InChI=1S/C28H29N3O4/c1-34-26(32)24-12-5-6-13-25(24)35-23-11-7-8-21(18-23)19-30-16-14-28(15-17-30)27(33)29-20-31(28)22-9-3-2-4-10-22/h2-13,18H,14-17,19-20H2,1H3,(H,29,33). The van der Waals surface area contributed by atoms with Crippen LogP contribution < -0.4 is 15.0 Å². The molecule has 3 aromatic carbocycles. The Balaban J connectivity index is 1.26. The minimum atomic E-state index is -0.486. The average molecular weight is 472 g/mol. The number of carbonyl (C=O) groups excluding carboxylic acids is 2. The number of ether oxygens (including phenoxy) is 2. The molecule has 0 atom stereocenters. The molecule has 1 amide bonds. The first-order valence-corrected chi connectivity index (χ1v) is 11.9. The number of piperidine rings is 1. The van der Waals surface area contributed by atoms with Gasteiger partial charge in [0.1, 0.15) is 22.6 Å². The van der Waals surface area contributed by atoms with Crippen molar-refractivity contribution in [1.82, 2.24) is 10.2 Å². The van der Waals surface area contributed by atoms with E-state index in [1.165, 1.54) is 7.11 Å². The highest BCUT2D eigenvalue weighted by molar-refractivity contribution is 5.93. The highest BCUT2D eigenvalue weighted by atomic mass is 16.5. The maximum absolute atomic E-state index is 12.9. The Morgan fingerprint density at radius 3 is 2.49 bits per heavy atom. The average Bonchev–Trinajstić information content (AvgIpc) is 3.21. The zero-order chi connectivity index (χ0) is 24.3. The van der Waals surface area contributed by atoms with Crippen molar-refractivity contribution in [2.75, 3.05) is 31.8 Å². The van der Waals surface area contributed by atoms with Gasteiger partial charge in [-0.2, -0.15) is 0 Å². The van der Waals surface area contributed by atoms with Crippen LogP contribution in [0.4, 0.5) is 5.69 Å². The van der Waals surface area contributed by atoms with Crippen LogP contribution in [0.3, 0.4) is 0 Å². The molecular weight excluding hydrogens is 442 g/mol. The van der Waals surface area contributed by atoms with E-state index in [1.54, 1.807) is 18.2 Å². The van der Waals surface area contributed by atoms with Gasteiger partial charge in [-0.15, -0.1) is 0 Å². The number of amides is 1. The number of para-hydroxylation sites is 2. The van der Waals surface area contributed by atoms with Crippen LogP contribution in [-0.2, 0) is 16.1 Å². The Hall–Kier alpha value is -3.84. The molecule has 2 aliphatic rings. The van der Waals surface area contributed by atoms with Gasteiger partial charge in [-0.05, 0) is 54.8 Å². The third-order valence-electron chi connectivity index (χ3n) is 6.91. The van der Waals surface area contributed by atoms with E-state index < -0.39 is 11.5 Å². The summed E-state index contributed by atoms with van der Waals surface area (Å²) in [6, 6.07) is 25.1. The molecule has 0 radical (unpaired) electrons. The van der Waals surface area contributed by atoms with Crippen molar-refractivity contribution < 1.29 is 19.1 Å². The molecule has 180 valence electrons. The van der Waals surface area contributed by atoms with E-state index in [-0.39, 0.29) is 5.91 Å². The molecule has 0 saturated carbocycles. The molecule has 0 aliphatic carbocycles. The summed E-state index contributed by atoms with van der Waals surface area (Å²) in [5, 5.41) is 3.06. The summed E-state index contributed by atoms with van der Waals surface area (Å²) < 4.78 is 10.9. The molecule has 2 aliphatic heterocycles. The van der Waals surface area contributed by atoms with Crippen LogP contribution in [0, 0.1) is 0 Å². The number of rotatable bonds is 6. The van der Waals surface area contributed by atoms with E-state index in [1.807, 2.05) is 42.5 Å². The van der Waals surface area contributed by atoms with Gasteiger partial charge in [0.15, 0.2) is 0 Å². The van der Waals surface area contributed by atoms with Crippen molar-refractivity contribution in [2.24, 2.45) is 0 Å². The maximum atomic E-state index is 12.9. The van der Waals surface area contributed by atoms with Crippen molar-refractivity contribution in [1.29, 1.82) is 0 Å². The van der Waals surface area contributed by atoms with Gasteiger partial charge in [-0.3, -0.25) is 9.69 Å². The van der Waals surface area contributed by atoms with Gasteiger partial charge in [0.05, 0.1) is 13.8 Å². The number of likely N-dealkylation sites (tertiary alicyclic amines) is 1. The Bertz CT molecular complexity index is 1210. The summed E-state index contributed by atoms with van der Waals surface area (Å²) in [6.45, 7) is 2.97. The van der Waals surface area contributed by atoms with E-state index in [0.717, 1.165) is 43.7 Å². The molecule has 35 heavy (non-hydrogen) atoms. The van der Waals surface area contributed by atoms with Gasteiger partial charge < -0.3 is 19.7 Å². The molecule has 7 heteroatoms. The molecule has 3 aromatic rings. The van der Waals surface area contributed by atoms with Crippen LogP contribution >= 0.6 is 0 Å². The van der Waals surface area contributed by atoms with E-state index >= 15 is 0 Å². The zero-order valence-corrected chi connectivity index (χ0v) is 19.8. The lowest BCUT2D eigenvalue weighted by Gasteiger charge is -2.43. The number of carbonyl (C=O) groups is 2. The lowest BCUT2D eigenvalue weighted by Crippen LogP contribution is -2.56. The van der Waals surface area contributed by atoms with Crippen molar-refractivity contribution in [3.05, 3.63) is 90.0 Å². The molecule has 2 saturated heterocycles. The predicted molar refractivity (Wildman–Crippen MR) is 133 cm³/mol. The Kier molecular flexibility index (Phi) is 6.42. The molecule has 2 fully saturated rings. The van der Waals surface area contributed by atoms with Crippen LogP contribution in [-0.4, -0.2) is 49.2 Å². The number of nitrogens with zero attached hydrogens (tertiary/aromatic N) is 2. The molecule has 7 nitrogen and oxygen atoms in total. The predicted octanol–water partition coefficient (Wildman–Crippen LogP) is 4.19. The smallest absolute Gasteiger partial charge is 0.341 e. The second-order valence-corrected chi connectivity index (χ2v) is 8.97. The molecule has 1 spiro atoms. The maximum Gasteiger partial charge on any atom is 0.341 e. The van der Waals surface area contributed by atoms with Crippen molar-refractivity contribution in [3.63, 3.8) is 0 Å². The van der Waals surface area contributed by atoms with Crippen LogP contribution in [0.25, 0.3) is 0 Å². The van der Waals surface area contributed by atoms with Gasteiger partial charge in [-0.1, -0.05) is 42.5 Å². The first-order valence-electron chi connectivity index (χ1n) is 11.9. The quantitative estimate of drug-likeness (QED) is 0.544. The van der Waals surface area contributed by atoms with Gasteiger partial charge in [0, 0.05) is 25.3 Å². The number of benzene rings is 3. The Labute approximate surface area is 205 Å². The van der Waals surface area contributed by atoms with Gasteiger partial charge in [0.2, 0.25) is 5.91 Å². The molecule has 5 rings (SSSR count). The van der Waals surface area contributed by atoms with Crippen LogP contribution in [0.1, 0.15) is 28.8 Å². The second kappa shape index (κ2) is 9.80. The molecule has 0 bridgehead atoms. The summed E-state index contributed by atoms with van der Waals surface area (Å²) in [7, 11) is 1.36. The van der Waals surface area contributed by atoms with E-state index in [2.05, 4.69) is 33.3 Å². The molecule has 0 unspecified atom stereocenters. The second-order valence-electron chi connectivity index (χ2n) is 8.97. The normalized spacial score (nSPS) is 17.3. The van der Waals surface area contributed by atoms with Crippen molar-refractivity contribution in [2.45, 2.75) is 24.9 Å². The zero-order valence-electron chi connectivity index (χ0n) is 19.8. The molecular formula is C28H29N3O4. The third-order valence-corrected chi connectivity index (χ3v) is 6.91. The fourth-order valence-electron chi connectivity index (χ4n) is 5.04. The lowest BCUT2D eigenvalue weighted by molar-refractivity contribution is -0.125. The topological polar surface area (TPSA) is 71.1 Å². The van der Waals surface area contributed by atoms with Gasteiger partial charge >= 0.3 is 5.97 Å². The first kappa shape index (κ1) is 22.9. The van der Waals surface area contributed by atoms with Gasteiger partial charge in [-0.25, -0.2) is 4.79 Å². The Morgan fingerprint density at radius 1 is 0.971 bits per heavy atom. The summed E-state index contributed by atoms with van der Waals surface area (Å²) in [4.78, 5) is 29.5. The number of methoxy groups -OCH3 is 1. The van der Waals surface area contributed by atoms with E-state index in [9.17, 15) is 9.59 Å². The largest absolute Gasteiger partial charge is 0.465 e. The number of esters is 1. The molecule has 0 aromatic heterocycles. The minimum absolute atomic E-state index is 0.126. The van der Waals surface area contributed by atoms with Crippen molar-refractivity contribution in [3.8, 4) is 11.5 Å². The summed E-state index contributed by atoms with van der Waals surface area (Å²) >= 11 is 0. The van der Waals surface area contributed by atoms with Crippen LogP contribution in [0.15, 0.2) is 78.9 Å². The molecule has 2 heterocycles. The van der Waals surface area contributed by atoms with Crippen molar-refractivity contribution >= 4 is 17.6 Å². The van der Waals surface area contributed by atoms with Crippen LogP contribution in [0.2, 0.25) is 0 Å². The van der Waals surface area contributed by atoms with Gasteiger partial charge in [0.25, 0.3) is 0 Å². The first-order chi connectivity index (χ1) is 17.1. The summed E-state index contributed by atoms with van der Waals surface area (Å²) in [5.41, 5.74) is 2.10. The number of anilines is 1. The lowest BCUT2D eigenvalue weighted by atomic mass is 9.85.